The minimum atomic E-state index is -0.860. The monoisotopic (exact) mass is 271 g/mol. The van der Waals surface area contributed by atoms with Crippen molar-refractivity contribution in [2.24, 2.45) is 0 Å². The Balaban J connectivity index is 2.04. The highest BCUT2D eigenvalue weighted by Crippen LogP contribution is 2.16. The first kappa shape index (κ1) is 13.7. The fourth-order valence-corrected chi connectivity index (χ4v) is 1.66. The molecule has 0 fully saturated rings. The van der Waals surface area contributed by atoms with Crippen LogP contribution in [0.25, 0.3) is 0 Å². The number of esters is 1. The molecule has 2 rings (SSSR count). The second kappa shape index (κ2) is 6.47. The molecule has 0 bridgehead atoms. The Morgan fingerprint density at radius 2 is 2.00 bits per heavy atom. The molecular formula is C15H13NO4. The summed E-state index contributed by atoms with van der Waals surface area (Å²) in [6.07, 6.45) is 1.95. The molecule has 5 nitrogen and oxygen atoms in total. The van der Waals surface area contributed by atoms with Gasteiger partial charge >= 0.3 is 11.9 Å². The Bertz CT molecular complexity index is 610. The van der Waals surface area contributed by atoms with Crippen LogP contribution in [0.4, 0.5) is 0 Å². The van der Waals surface area contributed by atoms with E-state index in [0.717, 1.165) is 5.56 Å². The summed E-state index contributed by atoms with van der Waals surface area (Å²) in [6.45, 7) is 0. The maximum Gasteiger partial charge on any atom is 0.362 e. The Morgan fingerprint density at radius 3 is 2.70 bits per heavy atom. The Kier molecular flexibility index (Phi) is 4.44. The average Bonchev–Trinajstić information content (AvgIpc) is 2.46. The van der Waals surface area contributed by atoms with Crippen molar-refractivity contribution in [1.29, 1.82) is 0 Å². The van der Waals surface area contributed by atoms with E-state index in [1.165, 1.54) is 6.20 Å². The van der Waals surface area contributed by atoms with Gasteiger partial charge in [-0.05, 0) is 36.2 Å². The zero-order chi connectivity index (χ0) is 14.4. The molecule has 0 aliphatic rings. The number of pyridine rings is 1. The van der Waals surface area contributed by atoms with Gasteiger partial charge in [-0.25, -0.2) is 9.78 Å². The van der Waals surface area contributed by atoms with Gasteiger partial charge in [-0.3, -0.25) is 4.79 Å². The first-order chi connectivity index (χ1) is 9.65. The predicted octanol–water partition coefficient (Wildman–Crippen LogP) is 2.32. The highest BCUT2D eigenvalue weighted by molar-refractivity contribution is 5.88. The molecule has 2 aromatic rings. The molecule has 0 spiro atoms. The highest BCUT2D eigenvalue weighted by atomic mass is 16.5. The van der Waals surface area contributed by atoms with Crippen molar-refractivity contribution in [3.05, 3.63) is 59.9 Å². The molecule has 0 saturated heterocycles. The van der Waals surface area contributed by atoms with E-state index in [-0.39, 0.29) is 12.1 Å². The van der Waals surface area contributed by atoms with E-state index in [2.05, 4.69) is 4.98 Å². The lowest BCUT2D eigenvalue weighted by Gasteiger charge is -2.05. The van der Waals surface area contributed by atoms with Crippen molar-refractivity contribution in [1.82, 2.24) is 4.98 Å². The van der Waals surface area contributed by atoms with Crippen molar-refractivity contribution >= 4 is 11.9 Å². The summed E-state index contributed by atoms with van der Waals surface area (Å²) >= 11 is 0. The lowest BCUT2D eigenvalue weighted by atomic mass is 10.1. The highest BCUT2D eigenvalue weighted by Gasteiger charge is 2.09. The van der Waals surface area contributed by atoms with E-state index >= 15 is 0 Å². The summed E-state index contributed by atoms with van der Waals surface area (Å²) in [5.41, 5.74) is 1.03. The fraction of sp³-hybridized carbons (Fsp3) is 0.133. The number of nitrogens with zero attached hydrogens (tertiary/aromatic N) is 1. The molecule has 1 heterocycles. The van der Waals surface area contributed by atoms with Crippen LogP contribution in [0.3, 0.4) is 0 Å². The van der Waals surface area contributed by atoms with Gasteiger partial charge in [0.15, 0.2) is 0 Å². The summed E-state index contributed by atoms with van der Waals surface area (Å²) in [5.74, 6) is -1.02. The molecule has 0 atom stereocenters. The van der Waals surface area contributed by atoms with Gasteiger partial charge in [-0.1, -0.05) is 18.2 Å². The van der Waals surface area contributed by atoms with Gasteiger partial charge in [0.25, 0.3) is 0 Å². The minimum absolute atomic E-state index is 0.0393. The van der Waals surface area contributed by atoms with Crippen LogP contribution in [0.15, 0.2) is 48.7 Å². The predicted molar refractivity (Wildman–Crippen MR) is 71.6 cm³/mol. The third-order valence-corrected chi connectivity index (χ3v) is 2.61. The van der Waals surface area contributed by atoms with Crippen LogP contribution in [0, 0.1) is 0 Å². The number of carbonyl (C=O) groups excluding carboxylic acids is 1. The number of aliphatic carboxylic acids is 1. The number of ether oxygens (including phenoxy) is 1. The minimum Gasteiger partial charge on any atom is -0.481 e. The van der Waals surface area contributed by atoms with Crippen molar-refractivity contribution in [2.75, 3.05) is 0 Å². The van der Waals surface area contributed by atoms with Gasteiger partial charge in [-0.15, -0.1) is 0 Å². The van der Waals surface area contributed by atoms with Gasteiger partial charge in [0.05, 0.1) is 0 Å². The van der Waals surface area contributed by atoms with E-state index < -0.39 is 11.9 Å². The molecule has 0 aliphatic carbocycles. The maximum atomic E-state index is 11.8. The molecular weight excluding hydrogens is 258 g/mol. The molecule has 5 heteroatoms. The maximum absolute atomic E-state index is 11.8. The van der Waals surface area contributed by atoms with Crippen molar-refractivity contribution in [3.63, 3.8) is 0 Å². The zero-order valence-electron chi connectivity index (χ0n) is 10.7. The molecule has 1 aromatic carbocycles. The summed E-state index contributed by atoms with van der Waals surface area (Å²) < 4.78 is 5.20. The smallest absolute Gasteiger partial charge is 0.362 e. The number of aromatic nitrogens is 1. The Morgan fingerprint density at radius 1 is 1.15 bits per heavy atom. The van der Waals surface area contributed by atoms with E-state index in [9.17, 15) is 9.59 Å². The van der Waals surface area contributed by atoms with Gasteiger partial charge in [0.2, 0.25) is 0 Å². The number of aryl methyl sites for hydroxylation is 1. The molecule has 0 amide bonds. The summed E-state index contributed by atoms with van der Waals surface area (Å²) in [7, 11) is 0. The molecule has 102 valence electrons. The van der Waals surface area contributed by atoms with E-state index in [4.69, 9.17) is 9.84 Å². The van der Waals surface area contributed by atoms with E-state index in [1.807, 2.05) is 0 Å². The van der Waals surface area contributed by atoms with E-state index in [1.54, 1.807) is 42.5 Å². The number of carboxylic acid groups (broad SMARTS) is 1. The van der Waals surface area contributed by atoms with Crippen LogP contribution in [0.2, 0.25) is 0 Å². The third kappa shape index (κ3) is 3.91. The van der Waals surface area contributed by atoms with Crippen molar-refractivity contribution < 1.29 is 19.4 Å². The lowest BCUT2D eigenvalue weighted by molar-refractivity contribution is -0.136. The van der Waals surface area contributed by atoms with Crippen LogP contribution < -0.4 is 4.74 Å². The number of rotatable bonds is 5. The van der Waals surface area contributed by atoms with Gasteiger partial charge < -0.3 is 9.84 Å². The quantitative estimate of drug-likeness (QED) is 0.667. The van der Waals surface area contributed by atoms with Gasteiger partial charge in [0.1, 0.15) is 11.4 Å². The first-order valence-electron chi connectivity index (χ1n) is 6.09. The molecule has 0 aliphatic heterocycles. The standard InChI is InChI=1S/C15H13NO4/c17-14(18)8-7-11-4-3-5-12(10-11)20-15(19)13-6-1-2-9-16-13/h1-6,9-10H,7-8H2,(H,17,18). The Labute approximate surface area is 115 Å². The average molecular weight is 271 g/mol. The van der Waals surface area contributed by atoms with Crippen LogP contribution in [-0.4, -0.2) is 22.0 Å². The second-order valence-corrected chi connectivity index (χ2v) is 4.15. The van der Waals surface area contributed by atoms with Crippen LogP contribution >= 0.6 is 0 Å². The van der Waals surface area contributed by atoms with Crippen LogP contribution in [0.1, 0.15) is 22.5 Å². The summed E-state index contributed by atoms with van der Waals surface area (Å²) in [5, 5.41) is 8.64. The second-order valence-electron chi connectivity index (χ2n) is 4.15. The number of carbonyl (C=O) groups is 2. The molecule has 1 N–H and O–H groups in total. The zero-order valence-corrected chi connectivity index (χ0v) is 10.7. The third-order valence-electron chi connectivity index (χ3n) is 2.61. The van der Waals surface area contributed by atoms with E-state index in [0.29, 0.717) is 12.2 Å². The van der Waals surface area contributed by atoms with Crippen LogP contribution in [-0.2, 0) is 11.2 Å². The number of benzene rings is 1. The Hall–Kier alpha value is -2.69. The summed E-state index contributed by atoms with van der Waals surface area (Å²) in [4.78, 5) is 26.2. The molecule has 0 saturated carbocycles. The molecule has 1 aromatic heterocycles. The topological polar surface area (TPSA) is 76.5 Å². The molecule has 0 unspecified atom stereocenters. The van der Waals surface area contributed by atoms with Crippen molar-refractivity contribution in [3.8, 4) is 5.75 Å². The number of hydrogen-bond donors (Lipinski definition) is 1. The molecule has 20 heavy (non-hydrogen) atoms. The van der Waals surface area contributed by atoms with Crippen molar-refractivity contribution in [2.45, 2.75) is 12.8 Å². The first-order valence-corrected chi connectivity index (χ1v) is 6.09. The SMILES string of the molecule is O=C(O)CCc1cccc(OC(=O)c2ccccn2)c1. The van der Waals surface area contributed by atoms with Crippen LogP contribution in [0.5, 0.6) is 5.75 Å². The van der Waals surface area contributed by atoms with Gasteiger partial charge in [0, 0.05) is 12.6 Å². The number of carboxylic acids is 1. The molecule has 0 radical (unpaired) electrons. The normalized spacial score (nSPS) is 10.0. The fourth-order valence-electron chi connectivity index (χ4n) is 1.66. The largest absolute Gasteiger partial charge is 0.481 e. The summed E-state index contributed by atoms with van der Waals surface area (Å²) in [6, 6.07) is 11.8. The van der Waals surface area contributed by atoms with Gasteiger partial charge in [-0.2, -0.15) is 0 Å². The number of hydrogen-bond acceptors (Lipinski definition) is 4. The lowest BCUT2D eigenvalue weighted by Crippen LogP contribution is -2.10.